The standard InChI is InChI=1S/C11H8BrNO2/c1-7-8(3-2-5-13-7)10(14)11-9(12)4-6-15-11/h2-6H,1H3. The number of furan rings is 1. The van der Waals surface area contributed by atoms with Crippen LogP contribution in [-0.2, 0) is 0 Å². The van der Waals surface area contributed by atoms with Gasteiger partial charge in [-0.15, -0.1) is 0 Å². The first-order valence-electron chi connectivity index (χ1n) is 4.39. The second kappa shape index (κ2) is 3.98. The zero-order valence-corrected chi connectivity index (χ0v) is 9.61. The number of aromatic nitrogens is 1. The molecule has 0 aliphatic carbocycles. The molecule has 0 aromatic carbocycles. The van der Waals surface area contributed by atoms with Crippen molar-refractivity contribution in [1.29, 1.82) is 0 Å². The zero-order chi connectivity index (χ0) is 10.8. The van der Waals surface area contributed by atoms with Crippen LogP contribution < -0.4 is 0 Å². The summed E-state index contributed by atoms with van der Waals surface area (Å²) < 4.78 is 5.77. The molecule has 0 amide bonds. The monoisotopic (exact) mass is 265 g/mol. The van der Waals surface area contributed by atoms with Crippen LogP contribution in [0.2, 0.25) is 0 Å². The molecule has 0 bridgehead atoms. The summed E-state index contributed by atoms with van der Waals surface area (Å²) in [7, 11) is 0. The smallest absolute Gasteiger partial charge is 0.231 e. The first kappa shape index (κ1) is 10.1. The first-order valence-corrected chi connectivity index (χ1v) is 5.19. The van der Waals surface area contributed by atoms with E-state index in [0.29, 0.717) is 21.5 Å². The fourth-order valence-corrected chi connectivity index (χ4v) is 1.68. The van der Waals surface area contributed by atoms with Gasteiger partial charge in [-0.3, -0.25) is 9.78 Å². The van der Waals surface area contributed by atoms with Crippen molar-refractivity contribution in [3.63, 3.8) is 0 Å². The van der Waals surface area contributed by atoms with Gasteiger partial charge >= 0.3 is 0 Å². The van der Waals surface area contributed by atoms with Crippen LogP contribution in [0.5, 0.6) is 0 Å². The molecule has 0 N–H and O–H groups in total. The summed E-state index contributed by atoms with van der Waals surface area (Å²) >= 11 is 3.25. The van der Waals surface area contributed by atoms with Crippen molar-refractivity contribution in [2.75, 3.05) is 0 Å². The number of hydrogen-bond acceptors (Lipinski definition) is 3. The van der Waals surface area contributed by atoms with Gasteiger partial charge in [-0.1, -0.05) is 0 Å². The number of rotatable bonds is 2. The third-order valence-corrected chi connectivity index (χ3v) is 2.70. The van der Waals surface area contributed by atoms with Crippen molar-refractivity contribution in [2.24, 2.45) is 0 Å². The average molecular weight is 266 g/mol. The zero-order valence-electron chi connectivity index (χ0n) is 8.03. The van der Waals surface area contributed by atoms with E-state index in [0.717, 1.165) is 0 Å². The molecule has 0 radical (unpaired) electrons. The van der Waals surface area contributed by atoms with E-state index in [4.69, 9.17) is 4.42 Å². The van der Waals surface area contributed by atoms with Gasteiger partial charge in [0.15, 0.2) is 5.76 Å². The van der Waals surface area contributed by atoms with Crippen molar-refractivity contribution in [3.8, 4) is 0 Å². The Morgan fingerprint density at radius 2 is 2.27 bits per heavy atom. The summed E-state index contributed by atoms with van der Waals surface area (Å²) in [6.07, 6.45) is 3.13. The number of ketones is 1. The maximum Gasteiger partial charge on any atom is 0.231 e. The fraction of sp³-hybridized carbons (Fsp3) is 0.0909. The molecule has 0 saturated carbocycles. The average Bonchev–Trinajstić information content (AvgIpc) is 2.64. The topological polar surface area (TPSA) is 43.1 Å². The molecule has 0 unspecified atom stereocenters. The number of aryl methyl sites for hydroxylation is 1. The Kier molecular flexibility index (Phi) is 2.68. The lowest BCUT2D eigenvalue weighted by molar-refractivity contribution is 0.101. The molecule has 0 spiro atoms. The molecule has 0 saturated heterocycles. The van der Waals surface area contributed by atoms with Gasteiger partial charge in [-0.05, 0) is 41.1 Å². The Morgan fingerprint density at radius 1 is 1.47 bits per heavy atom. The quantitative estimate of drug-likeness (QED) is 0.785. The van der Waals surface area contributed by atoms with E-state index in [2.05, 4.69) is 20.9 Å². The lowest BCUT2D eigenvalue weighted by Gasteiger charge is -2.01. The maximum atomic E-state index is 12.0. The van der Waals surface area contributed by atoms with E-state index in [9.17, 15) is 4.79 Å². The third kappa shape index (κ3) is 1.85. The van der Waals surface area contributed by atoms with Crippen LogP contribution in [0.4, 0.5) is 0 Å². The van der Waals surface area contributed by atoms with Crippen LogP contribution in [0, 0.1) is 6.92 Å². The summed E-state index contributed by atoms with van der Waals surface area (Å²) in [5, 5.41) is 0. The van der Waals surface area contributed by atoms with Crippen molar-refractivity contribution >= 4 is 21.7 Å². The van der Waals surface area contributed by atoms with E-state index in [-0.39, 0.29) is 5.78 Å². The fourth-order valence-electron chi connectivity index (χ4n) is 1.30. The Labute approximate surface area is 95.3 Å². The summed E-state index contributed by atoms with van der Waals surface area (Å²) in [6.45, 7) is 1.80. The minimum atomic E-state index is -0.155. The van der Waals surface area contributed by atoms with Gasteiger partial charge in [-0.25, -0.2) is 0 Å². The van der Waals surface area contributed by atoms with E-state index >= 15 is 0 Å². The van der Waals surface area contributed by atoms with Gasteiger partial charge in [-0.2, -0.15) is 0 Å². The molecule has 0 atom stereocenters. The number of halogens is 1. The number of pyridine rings is 1. The van der Waals surface area contributed by atoms with Crippen molar-refractivity contribution in [1.82, 2.24) is 4.98 Å². The van der Waals surface area contributed by atoms with E-state index in [1.165, 1.54) is 6.26 Å². The minimum Gasteiger partial charge on any atom is -0.460 e. The largest absolute Gasteiger partial charge is 0.460 e. The molecule has 2 rings (SSSR count). The number of carbonyl (C=O) groups is 1. The van der Waals surface area contributed by atoms with E-state index in [1.807, 2.05) is 0 Å². The van der Waals surface area contributed by atoms with Crippen LogP contribution in [-0.4, -0.2) is 10.8 Å². The molecule has 4 heteroatoms. The Hall–Kier alpha value is -1.42. The second-order valence-electron chi connectivity index (χ2n) is 3.06. The minimum absolute atomic E-state index is 0.155. The first-order chi connectivity index (χ1) is 7.20. The van der Waals surface area contributed by atoms with Crippen LogP contribution in [0.3, 0.4) is 0 Å². The Morgan fingerprint density at radius 3 is 2.87 bits per heavy atom. The van der Waals surface area contributed by atoms with E-state index in [1.54, 1.807) is 31.3 Å². The predicted molar refractivity (Wildman–Crippen MR) is 58.8 cm³/mol. The predicted octanol–water partition coefficient (Wildman–Crippen LogP) is 2.98. The maximum absolute atomic E-state index is 12.0. The van der Waals surface area contributed by atoms with Gasteiger partial charge in [0.05, 0.1) is 10.7 Å². The normalized spacial score (nSPS) is 10.3. The molecule has 0 aliphatic rings. The molecular formula is C11H8BrNO2. The third-order valence-electron chi connectivity index (χ3n) is 2.07. The molecule has 3 nitrogen and oxygen atoms in total. The molecule has 2 aromatic heterocycles. The number of carbonyl (C=O) groups excluding carboxylic acids is 1. The van der Waals surface area contributed by atoms with Gasteiger partial charge in [0.2, 0.25) is 5.78 Å². The van der Waals surface area contributed by atoms with Crippen LogP contribution in [0.25, 0.3) is 0 Å². The highest BCUT2D eigenvalue weighted by Crippen LogP contribution is 2.21. The number of hydrogen-bond donors (Lipinski definition) is 0. The molecule has 15 heavy (non-hydrogen) atoms. The highest BCUT2D eigenvalue weighted by Gasteiger charge is 2.17. The molecule has 0 fully saturated rings. The van der Waals surface area contributed by atoms with Crippen molar-refractivity contribution in [2.45, 2.75) is 6.92 Å². The summed E-state index contributed by atoms with van der Waals surface area (Å²) in [6, 6.07) is 5.16. The lowest BCUT2D eigenvalue weighted by Crippen LogP contribution is -2.04. The summed E-state index contributed by atoms with van der Waals surface area (Å²) in [4.78, 5) is 16.0. The van der Waals surface area contributed by atoms with Gasteiger partial charge in [0.1, 0.15) is 0 Å². The number of nitrogens with zero attached hydrogens (tertiary/aromatic N) is 1. The lowest BCUT2D eigenvalue weighted by atomic mass is 10.1. The molecule has 2 aromatic rings. The molecule has 0 aliphatic heterocycles. The van der Waals surface area contributed by atoms with Gasteiger partial charge in [0.25, 0.3) is 0 Å². The van der Waals surface area contributed by atoms with Crippen LogP contribution in [0.1, 0.15) is 21.8 Å². The molecule has 2 heterocycles. The van der Waals surface area contributed by atoms with Crippen molar-refractivity contribution in [3.05, 3.63) is 52.1 Å². The summed E-state index contributed by atoms with van der Waals surface area (Å²) in [5.41, 5.74) is 1.26. The Bertz CT molecular complexity index is 505. The van der Waals surface area contributed by atoms with E-state index < -0.39 is 0 Å². The van der Waals surface area contributed by atoms with Gasteiger partial charge in [0, 0.05) is 17.5 Å². The van der Waals surface area contributed by atoms with Crippen molar-refractivity contribution < 1.29 is 9.21 Å². The SMILES string of the molecule is Cc1ncccc1C(=O)c1occc1Br. The summed E-state index contributed by atoms with van der Waals surface area (Å²) in [5.74, 6) is 0.156. The van der Waals surface area contributed by atoms with Gasteiger partial charge < -0.3 is 4.42 Å². The highest BCUT2D eigenvalue weighted by molar-refractivity contribution is 9.10. The Balaban J connectivity index is 2.46. The highest BCUT2D eigenvalue weighted by atomic mass is 79.9. The van der Waals surface area contributed by atoms with Crippen LogP contribution >= 0.6 is 15.9 Å². The second-order valence-corrected chi connectivity index (χ2v) is 3.92. The molecular weight excluding hydrogens is 258 g/mol. The molecule has 76 valence electrons. The van der Waals surface area contributed by atoms with Crippen LogP contribution in [0.15, 0.2) is 39.5 Å².